The first-order valence-electron chi connectivity index (χ1n) is 7.44. The first kappa shape index (κ1) is 16.7. The van der Waals surface area contributed by atoms with Gasteiger partial charge in [0.25, 0.3) is 5.91 Å². The minimum absolute atomic E-state index is 0.00679. The second-order valence-corrected chi connectivity index (χ2v) is 6.51. The number of hydrogen-bond donors (Lipinski definition) is 2. The number of anilines is 1. The van der Waals surface area contributed by atoms with Crippen molar-refractivity contribution in [3.8, 4) is 0 Å². The van der Waals surface area contributed by atoms with Gasteiger partial charge in [0, 0.05) is 10.0 Å². The van der Waals surface area contributed by atoms with Gasteiger partial charge < -0.3 is 10.6 Å². The van der Waals surface area contributed by atoms with Gasteiger partial charge in [0.1, 0.15) is 6.04 Å². The van der Waals surface area contributed by atoms with Gasteiger partial charge in [-0.25, -0.2) is 0 Å². The predicted octanol–water partition coefficient (Wildman–Crippen LogP) is 3.41. The molecule has 3 nitrogen and oxygen atoms in total. The molecule has 0 aliphatic carbocycles. The summed E-state index contributed by atoms with van der Waals surface area (Å²) in [5, 5.41) is 5.05. The lowest BCUT2D eigenvalue weighted by molar-refractivity contribution is -0.709. The summed E-state index contributed by atoms with van der Waals surface area (Å²) >= 11 is 3.49. The van der Waals surface area contributed by atoms with Crippen molar-refractivity contribution < 1.29 is 10.1 Å². The van der Waals surface area contributed by atoms with Crippen molar-refractivity contribution in [1.82, 2.24) is 0 Å². The maximum absolute atomic E-state index is 12.4. The SMILES string of the molecule is Cc1ccc(NC(=O)[C@@H](C)[NH2+][C@H](C)c2ccccc2)c(Br)c1. The predicted molar refractivity (Wildman–Crippen MR) is 93.8 cm³/mol. The van der Waals surface area contributed by atoms with Gasteiger partial charge in [0.05, 0.1) is 5.69 Å². The number of halogens is 1. The van der Waals surface area contributed by atoms with Crippen LogP contribution in [-0.4, -0.2) is 11.9 Å². The highest BCUT2D eigenvalue weighted by atomic mass is 79.9. The lowest BCUT2D eigenvalue weighted by atomic mass is 10.1. The van der Waals surface area contributed by atoms with Crippen molar-refractivity contribution in [2.45, 2.75) is 32.9 Å². The molecule has 22 heavy (non-hydrogen) atoms. The van der Waals surface area contributed by atoms with Crippen molar-refractivity contribution in [1.29, 1.82) is 0 Å². The molecule has 0 aromatic heterocycles. The third kappa shape index (κ3) is 4.42. The molecule has 4 heteroatoms. The number of hydrogen-bond acceptors (Lipinski definition) is 1. The lowest BCUT2D eigenvalue weighted by Crippen LogP contribution is -2.91. The van der Waals surface area contributed by atoms with Crippen molar-refractivity contribution in [2.24, 2.45) is 0 Å². The number of quaternary nitrogens is 1. The van der Waals surface area contributed by atoms with Crippen LogP contribution in [0.3, 0.4) is 0 Å². The Kier molecular flexibility index (Phi) is 5.75. The molecule has 2 atom stereocenters. The van der Waals surface area contributed by atoms with E-state index in [1.807, 2.05) is 50.2 Å². The molecule has 3 N–H and O–H groups in total. The van der Waals surface area contributed by atoms with Crippen LogP contribution >= 0.6 is 15.9 Å². The van der Waals surface area contributed by atoms with Crippen molar-refractivity contribution in [3.05, 3.63) is 64.1 Å². The smallest absolute Gasteiger partial charge is 0.282 e. The molecule has 0 heterocycles. The van der Waals surface area contributed by atoms with Gasteiger partial charge in [-0.15, -0.1) is 0 Å². The summed E-state index contributed by atoms with van der Waals surface area (Å²) in [6.07, 6.45) is 0. The van der Waals surface area contributed by atoms with E-state index < -0.39 is 0 Å². The summed E-state index contributed by atoms with van der Waals surface area (Å²) in [4.78, 5) is 12.4. The Morgan fingerprint density at radius 3 is 2.45 bits per heavy atom. The minimum atomic E-state index is -0.164. The molecule has 0 bridgehead atoms. The third-order valence-corrected chi connectivity index (χ3v) is 4.35. The molecule has 0 saturated carbocycles. The van der Waals surface area contributed by atoms with Crippen molar-refractivity contribution >= 4 is 27.5 Å². The van der Waals surface area contributed by atoms with Gasteiger partial charge in [0.2, 0.25) is 0 Å². The van der Waals surface area contributed by atoms with Crippen LogP contribution < -0.4 is 10.6 Å². The molecule has 2 aromatic carbocycles. The van der Waals surface area contributed by atoms with Crippen LogP contribution in [0.2, 0.25) is 0 Å². The Morgan fingerprint density at radius 2 is 1.82 bits per heavy atom. The summed E-state index contributed by atoms with van der Waals surface area (Å²) < 4.78 is 0.907. The van der Waals surface area contributed by atoms with Crippen LogP contribution in [0.5, 0.6) is 0 Å². The zero-order chi connectivity index (χ0) is 16.1. The molecular formula is C18H22BrN2O+. The number of rotatable bonds is 5. The van der Waals surface area contributed by atoms with Gasteiger partial charge in [-0.2, -0.15) is 0 Å². The maximum atomic E-state index is 12.4. The Balaban J connectivity index is 1.97. The Labute approximate surface area is 140 Å². The van der Waals surface area contributed by atoms with Gasteiger partial charge in [0.15, 0.2) is 6.04 Å². The lowest BCUT2D eigenvalue weighted by Gasteiger charge is -2.17. The zero-order valence-corrected chi connectivity index (χ0v) is 14.7. The minimum Gasteiger partial charge on any atom is -0.330 e. The van der Waals surface area contributed by atoms with Crippen LogP contribution in [0.4, 0.5) is 5.69 Å². The van der Waals surface area contributed by atoms with E-state index in [-0.39, 0.29) is 18.0 Å². The Hall–Kier alpha value is -1.65. The second kappa shape index (κ2) is 7.56. The van der Waals surface area contributed by atoms with E-state index in [1.165, 1.54) is 5.56 Å². The number of carbonyl (C=O) groups is 1. The first-order valence-corrected chi connectivity index (χ1v) is 8.23. The van der Waals surface area contributed by atoms with Crippen molar-refractivity contribution in [3.63, 3.8) is 0 Å². The summed E-state index contributed by atoms with van der Waals surface area (Å²) in [5.41, 5.74) is 3.18. The topological polar surface area (TPSA) is 45.7 Å². The molecule has 0 saturated heterocycles. The molecule has 2 aromatic rings. The molecular weight excluding hydrogens is 340 g/mol. The fourth-order valence-corrected chi connectivity index (χ4v) is 2.95. The zero-order valence-electron chi connectivity index (χ0n) is 13.1. The van der Waals surface area contributed by atoms with E-state index in [0.717, 1.165) is 15.7 Å². The number of nitrogens with one attached hydrogen (secondary N) is 1. The average molecular weight is 362 g/mol. The highest BCUT2D eigenvalue weighted by molar-refractivity contribution is 9.10. The Bertz CT molecular complexity index is 643. The molecule has 0 spiro atoms. The third-order valence-electron chi connectivity index (χ3n) is 3.70. The first-order chi connectivity index (χ1) is 10.5. The monoisotopic (exact) mass is 361 g/mol. The maximum Gasteiger partial charge on any atom is 0.282 e. The molecule has 0 aliphatic rings. The van der Waals surface area contributed by atoms with Gasteiger partial charge in [-0.05, 0) is 54.4 Å². The molecule has 1 amide bonds. The van der Waals surface area contributed by atoms with E-state index in [1.54, 1.807) is 0 Å². The molecule has 116 valence electrons. The van der Waals surface area contributed by atoms with Crippen LogP contribution in [-0.2, 0) is 4.79 Å². The normalized spacial score (nSPS) is 13.5. The van der Waals surface area contributed by atoms with Gasteiger partial charge in [-0.1, -0.05) is 36.4 Å². The van der Waals surface area contributed by atoms with E-state index in [9.17, 15) is 4.79 Å². The van der Waals surface area contributed by atoms with Crippen LogP contribution in [0.15, 0.2) is 53.0 Å². The Morgan fingerprint density at radius 1 is 1.14 bits per heavy atom. The van der Waals surface area contributed by atoms with Crippen LogP contribution in [0.25, 0.3) is 0 Å². The summed E-state index contributed by atoms with van der Waals surface area (Å²) in [6, 6.07) is 16.2. The average Bonchev–Trinajstić information content (AvgIpc) is 2.50. The highest BCUT2D eigenvalue weighted by Crippen LogP contribution is 2.23. The fraction of sp³-hybridized carbons (Fsp3) is 0.278. The number of carbonyl (C=O) groups excluding carboxylic acids is 1. The fourth-order valence-electron chi connectivity index (χ4n) is 2.36. The van der Waals surface area contributed by atoms with E-state index in [2.05, 4.69) is 45.6 Å². The highest BCUT2D eigenvalue weighted by Gasteiger charge is 2.20. The molecule has 0 radical (unpaired) electrons. The summed E-state index contributed by atoms with van der Waals surface area (Å²) in [5.74, 6) is 0.00679. The number of nitrogens with two attached hydrogens (primary N) is 1. The quantitative estimate of drug-likeness (QED) is 0.841. The summed E-state index contributed by atoms with van der Waals surface area (Å²) in [6.45, 7) is 6.06. The standard InChI is InChI=1S/C18H21BrN2O/c1-12-9-10-17(16(19)11-12)21-18(22)14(3)20-13(2)15-7-5-4-6-8-15/h4-11,13-14,20H,1-3H3,(H,21,22)/p+1/t13-,14-/m1/s1. The molecule has 0 unspecified atom stereocenters. The molecule has 0 aliphatic heterocycles. The summed E-state index contributed by atoms with van der Waals surface area (Å²) in [7, 11) is 0. The number of aryl methyl sites for hydroxylation is 1. The van der Waals surface area contributed by atoms with Gasteiger partial charge >= 0.3 is 0 Å². The largest absolute Gasteiger partial charge is 0.330 e. The van der Waals surface area contributed by atoms with E-state index >= 15 is 0 Å². The van der Waals surface area contributed by atoms with Gasteiger partial charge in [-0.3, -0.25) is 4.79 Å². The van der Waals surface area contributed by atoms with E-state index in [0.29, 0.717) is 0 Å². The molecule has 0 fully saturated rings. The number of amides is 1. The van der Waals surface area contributed by atoms with Crippen LogP contribution in [0.1, 0.15) is 31.0 Å². The molecule has 2 rings (SSSR count). The number of benzene rings is 2. The van der Waals surface area contributed by atoms with E-state index in [4.69, 9.17) is 0 Å². The van der Waals surface area contributed by atoms with Crippen LogP contribution in [0, 0.1) is 6.92 Å². The second-order valence-electron chi connectivity index (χ2n) is 5.65. The van der Waals surface area contributed by atoms with Crippen molar-refractivity contribution in [2.75, 3.05) is 5.32 Å².